The van der Waals surface area contributed by atoms with Crippen LogP contribution in [0.5, 0.6) is 0 Å². The second-order valence-electron chi connectivity index (χ2n) is 5.45. The molecule has 2 N–H and O–H groups in total. The Hall–Kier alpha value is -1.91. The Morgan fingerprint density at radius 2 is 2.04 bits per heavy atom. The molecule has 0 saturated carbocycles. The first kappa shape index (κ1) is 19.4. The summed E-state index contributed by atoms with van der Waals surface area (Å²) < 4.78 is 39.9. The highest BCUT2D eigenvalue weighted by molar-refractivity contribution is 6.33. The Morgan fingerprint density at radius 3 is 2.60 bits per heavy atom. The largest absolute Gasteiger partial charge is 0.405 e. The molecule has 1 aromatic carbocycles. The number of halogens is 4. The van der Waals surface area contributed by atoms with Crippen molar-refractivity contribution in [1.29, 1.82) is 0 Å². The van der Waals surface area contributed by atoms with Crippen LogP contribution in [0.1, 0.15) is 10.4 Å². The van der Waals surface area contributed by atoms with Crippen LogP contribution >= 0.6 is 11.6 Å². The van der Waals surface area contributed by atoms with Gasteiger partial charge in [-0.3, -0.25) is 19.8 Å². The molecule has 0 radical (unpaired) electrons. The molecule has 11 heteroatoms. The van der Waals surface area contributed by atoms with Gasteiger partial charge in [0.15, 0.2) is 0 Å². The van der Waals surface area contributed by atoms with Gasteiger partial charge in [-0.2, -0.15) is 13.2 Å². The maximum Gasteiger partial charge on any atom is 0.405 e. The average Bonchev–Trinajstić information content (AvgIpc) is 2.54. The number of hydrogen-bond donors (Lipinski definition) is 2. The van der Waals surface area contributed by atoms with Gasteiger partial charge in [0, 0.05) is 32.7 Å². The standard InChI is InChI=1S/C14H16ClF3N4O3/c15-10-3-1-2-9(12(10)22(24)25)13(23)20-8-11(14(16,17)18)21-6-4-19-5-7-21/h1-3,11,19H,4-8H2,(H,20,23). The van der Waals surface area contributed by atoms with E-state index in [4.69, 9.17) is 11.6 Å². The summed E-state index contributed by atoms with van der Waals surface area (Å²) in [6.45, 7) is 0.515. The molecule has 1 amide bonds. The second kappa shape index (κ2) is 7.98. The zero-order chi connectivity index (χ0) is 18.6. The van der Waals surface area contributed by atoms with Crippen LogP contribution in [-0.4, -0.2) is 60.7 Å². The van der Waals surface area contributed by atoms with Gasteiger partial charge in [0.1, 0.15) is 16.6 Å². The third-order valence-corrected chi connectivity index (χ3v) is 4.15. The Balaban J connectivity index is 2.14. The van der Waals surface area contributed by atoms with Crippen LogP contribution in [0, 0.1) is 10.1 Å². The molecular formula is C14H16ClF3N4O3. The summed E-state index contributed by atoms with van der Waals surface area (Å²) in [6, 6.07) is 1.83. The van der Waals surface area contributed by atoms with Crippen molar-refractivity contribution < 1.29 is 22.9 Å². The van der Waals surface area contributed by atoms with Gasteiger partial charge >= 0.3 is 11.9 Å². The highest BCUT2D eigenvalue weighted by atomic mass is 35.5. The average molecular weight is 381 g/mol. The molecule has 2 rings (SSSR count). The summed E-state index contributed by atoms with van der Waals surface area (Å²) in [5, 5.41) is 15.9. The smallest absolute Gasteiger partial charge is 0.350 e. The number of carbonyl (C=O) groups is 1. The van der Waals surface area contributed by atoms with Gasteiger partial charge in [-0.15, -0.1) is 0 Å². The second-order valence-corrected chi connectivity index (χ2v) is 5.85. The highest BCUT2D eigenvalue weighted by Crippen LogP contribution is 2.29. The summed E-state index contributed by atoms with van der Waals surface area (Å²) >= 11 is 5.71. The summed E-state index contributed by atoms with van der Waals surface area (Å²) in [5.74, 6) is -0.974. The van der Waals surface area contributed by atoms with Crippen molar-refractivity contribution in [3.8, 4) is 0 Å². The predicted molar refractivity (Wildman–Crippen MR) is 84.7 cm³/mol. The van der Waals surface area contributed by atoms with E-state index in [9.17, 15) is 28.1 Å². The van der Waals surface area contributed by atoms with Gasteiger partial charge in [0.2, 0.25) is 0 Å². The van der Waals surface area contributed by atoms with E-state index in [0.717, 1.165) is 6.07 Å². The Kier molecular flexibility index (Phi) is 6.20. The molecule has 1 saturated heterocycles. The molecule has 1 heterocycles. The first-order valence-electron chi connectivity index (χ1n) is 7.44. The Bertz CT molecular complexity index is 651. The minimum atomic E-state index is -4.54. The first-order valence-corrected chi connectivity index (χ1v) is 7.82. The van der Waals surface area contributed by atoms with Gasteiger partial charge < -0.3 is 10.6 Å². The number of nitrogens with zero attached hydrogens (tertiary/aromatic N) is 2. The fourth-order valence-electron chi connectivity index (χ4n) is 2.61. The number of benzene rings is 1. The lowest BCUT2D eigenvalue weighted by atomic mass is 10.1. The molecular weight excluding hydrogens is 365 g/mol. The lowest BCUT2D eigenvalue weighted by Crippen LogP contribution is -2.57. The molecule has 1 atom stereocenters. The van der Waals surface area contributed by atoms with E-state index in [0.29, 0.717) is 13.1 Å². The molecule has 7 nitrogen and oxygen atoms in total. The van der Waals surface area contributed by atoms with Crippen molar-refractivity contribution in [2.45, 2.75) is 12.2 Å². The van der Waals surface area contributed by atoms with Crippen LogP contribution in [0.3, 0.4) is 0 Å². The number of rotatable bonds is 5. The molecule has 0 aliphatic carbocycles. The molecule has 0 spiro atoms. The monoisotopic (exact) mass is 380 g/mol. The van der Waals surface area contributed by atoms with Gasteiger partial charge in [-0.05, 0) is 12.1 Å². The Morgan fingerprint density at radius 1 is 1.40 bits per heavy atom. The van der Waals surface area contributed by atoms with E-state index in [1.165, 1.54) is 17.0 Å². The summed E-state index contributed by atoms with van der Waals surface area (Å²) in [6.07, 6.45) is -4.54. The molecule has 0 aromatic heterocycles. The third kappa shape index (κ3) is 4.80. The van der Waals surface area contributed by atoms with Gasteiger partial charge in [-0.25, -0.2) is 0 Å². The number of alkyl halides is 3. The molecule has 1 aliphatic heterocycles. The van der Waals surface area contributed by atoms with E-state index in [2.05, 4.69) is 10.6 Å². The SMILES string of the molecule is O=C(NCC(N1CCNCC1)C(F)(F)F)c1cccc(Cl)c1[N+](=O)[O-]. The fourth-order valence-corrected chi connectivity index (χ4v) is 2.86. The van der Waals surface area contributed by atoms with Crippen LogP contribution in [0.25, 0.3) is 0 Å². The summed E-state index contributed by atoms with van der Waals surface area (Å²) in [5.41, 5.74) is -1.01. The van der Waals surface area contributed by atoms with Crippen LogP contribution in [0.2, 0.25) is 5.02 Å². The number of para-hydroxylation sites is 1. The van der Waals surface area contributed by atoms with Crippen molar-refractivity contribution in [2.75, 3.05) is 32.7 Å². The predicted octanol–water partition coefficient (Wildman–Crippen LogP) is 1.81. The molecule has 1 fully saturated rings. The molecule has 1 aliphatic rings. The van der Waals surface area contributed by atoms with E-state index in [1.807, 2.05) is 0 Å². The fraction of sp³-hybridized carbons (Fsp3) is 0.500. The molecule has 1 unspecified atom stereocenters. The van der Waals surface area contributed by atoms with Crippen molar-refractivity contribution in [1.82, 2.24) is 15.5 Å². The quantitative estimate of drug-likeness (QED) is 0.601. The Labute approximate surface area is 146 Å². The number of nitrogens with one attached hydrogen (secondary N) is 2. The van der Waals surface area contributed by atoms with E-state index < -0.39 is 35.3 Å². The van der Waals surface area contributed by atoms with Crippen molar-refractivity contribution >= 4 is 23.2 Å². The van der Waals surface area contributed by atoms with Gasteiger partial charge in [0.25, 0.3) is 5.91 Å². The number of nitro benzene ring substituents is 1. The number of hydrogen-bond acceptors (Lipinski definition) is 5. The highest BCUT2D eigenvalue weighted by Gasteiger charge is 2.44. The first-order chi connectivity index (χ1) is 11.7. The normalized spacial score (nSPS) is 17.1. The van der Waals surface area contributed by atoms with Crippen LogP contribution in [0.4, 0.5) is 18.9 Å². The number of amides is 1. The zero-order valence-corrected chi connectivity index (χ0v) is 13.7. The molecule has 25 heavy (non-hydrogen) atoms. The minimum Gasteiger partial charge on any atom is -0.350 e. The number of nitro groups is 1. The summed E-state index contributed by atoms with van der Waals surface area (Å²) in [4.78, 5) is 23.6. The topological polar surface area (TPSA) is 87.5 Å². The number of piperazine rings is 1. The van der Waals surface area contributed by atoms with E-state index in [1.54, 1.807) is 0 Å². The molecule has 1 aromatic rings. The molecule has 0 bridgehead atoms. The maximum atomic E-state index is 13.3. The summed E-state index contributed by atoms with van der Waals surface area (Å²) in [7, 11) is 0. The van der Waals surface area contributed by atoms with Crippen molar-refractivity contribution in [3.63, 3.8) is 0 Å². The van der Waals surface area contributed by atoms with Gasteiger partial charge in [0.05, 0.1) is 4.92 Å². The van der Waals surface area contributed by atoms with E-state index >= 15 is 0 Å². The zero-order valence-electron chi connectivity index (χ0n) is 13.0. The number of carbonyl (C=O) groups excluding carboxylic acids is 1. The lowest BCUT2D eigenvalue weighted by Gasteiger charge is -2.35. The molecule has 138 valence electrons. The minimum absolute atomic E-state index is 0.192. The van der Waals surface area contributed by atoms with Crippen molar-refractivity contribution in [3.05, 3.63) is 38.9 Å². The van der Waals surface area contributed by atoms with Crippen LogP contribution in [-0.2, 0) is 0 Å². The van der Waals surface area contributed by atoms with Crippen LogP contribution in [0.15, 0.2) is 18.2 Å². The van der Waals surface area contributed by atoms with Gasteiger partial charge in [-0.1, -0.05) is 17.7 Å². The lowest BCUT2D eigenvalue weighted by molar-refractivity contribution is -0.385. The van der Waals surface area contributed by atoms with Crippen molar-refractivity contribution in [2.24, 2.45) is 0 Å². The third-order valence-electron chi connectivity index (χ3n) is 3.84. The maximum absolute atomic E-state index is 13.3. The van der Waals surface area contributed by atoms with E-state index in [-0.39, 0.29) is 23.7 Å². The van der Waals surface area contributed by atoms with Crippen LogP contribution < -0.4 is 10.6 Å².